The van der Waals surface area contributed by atoms with Gasteiger partial charge < -0.3 is 19.3 Å². The molecule has 1 aromatic carbocycles. The third-order valence-electron chi connectivity index (χ3n) is 5.67. The van der Waals surface area contributed by atoms with Crippen molar-refractivity contribution in [1.29, 1.82) is 0 Å². The Labute approximate surface area is 185 Å². The molecule has 0 unspecified atom stereocenters. The van der Waals surface area contributed by atoms with Gasteiger partial charge in [0.2, 0.25) is 11.5 Å². The Morgan fingerprint density at radius 2 is 1.81 bits per heavy atom. The van der Waals surface area contributed by atoms with Gasteiger partial charge in [-0.3, -0.25) is 4.79 Å². The zero-order valence-electron chi connectivity index (χ0n) is 18.5. The van der Waals surface area contributed by atoms with Crippen LogP contribution in [0.1, 0.15) is 5.56 Å². The summed E-state index contributed by atoms with van der Waals surface area (Å²) in [7, 11) is 6.47. The van der Waals surface area contributed by atoms with Gasteiger partial charge in [-0.25, -0.2) is 9.59 Å². The number of likely N-dealkylation sites (N-methyl/N-ethyl adjacent to an activating group) is 1. The molecule has 3 aliphatic heterocycles. The van der Waals surface area contributed by atoms with Crippen LogP contribution >= 0.6 is 0 Å². The number of benzene rings is 1. The fourth-order valence-corrected chi connectivity index (χ4v) is 3.62. The van der Waals surface area contributed by atoms with Gasteiger partial charge in [-0.05, 0) is 25.2 Å². The van der Waals surface area contributed by atoms with E-state index in [-0.39, 0.29) is 29.9 Å². The van der Waals surface area contributed by atoms with Crippen LogP contribution in [0, 0.1) is 0 Å². The molecule has 0 radical (unpaired) electrons. The Kier molecular flexibility index (Phi) is 5.74. The SMILES string of the molecule is COc1ccc(C2=NC3=[N+](C)C(=O)N(C)C(=O)C3=N2)cc1OCC(=O)N1CCN(C)CC1. The van der Waals surface area contributed by atoms with Crippen molar-refractivity contribution in [2.24, 2.45) is 9.98 Å². The van der Waals surface area contributed by atoms with Crippen molar-refractivity contribution in [1.82, 2.24) is 14.7 Å². The lowest BCUT2D eigenvalue weighted by Crippen LogP contribution is -2.51. The van der Waals surface area contributed by atoms with Crippen LogP contribution in [0.2, 0.25) is 0 Å². The van der Waals surface area contributed by atoms with Crippen molar-refractivity contribution in [3.63, 3.8) is 0 Å². The molecule has 3 aliphatic rings. The molecule has 168 valence electrons. The Morgan fingerprint density at radius 1 is 1.09 bits per heavy atom. The number of carbonyl (C=O) groups excluding carboxylic acids is 3. The van der Waals surface area contributed by atoms with E-state index in [0.29, 0.717) is 30.2 Å². The second-order valence-electron chi connectivity index (χ2n) is 7.76. The number of rotatable bonds is 5. The van der Waals surface area contributed by atoms with Gasteiger partial charge in [0, 0.05) is 31.7 Å². The zero-order chi connectivity index (χ0) is 23.0. The normalized spacial score (nSPS) is 19.1. The van der Waals surface area contributed by atoms with Crippen molar-refractivity contribution in [2.75, 3.05) is 61.0 Å². The van der Waals surface area contributed by atoms with E-state index < -0.39 is 11.9 Å². The van der Waals surface area contributed by atoms with E-state index in [2.05, 4.69) is 14.9 Å². The van der Waals surface area contributed by atoms with Crippen molar-refractivity contribution in [2.45, 2.75) is 0 Å². The first-order valence-corrected chi connectivity index (χ1v) is 10.2. The molecule has 1 aromatic rings. The molecule has 0 saturated carbocycles. The number of imide groups is 1. The van der Waals surface area contributed by atoms with Gasteiger partial charge in [-0.1, -0.05) is 4.99 Å². The first kappa shape index (κ1) is 21.6. The number of hydrogen-bond donors (Lipinski definition) is 0. The highest BCUT2D eigenvalue weighted by Crippen LogP contribution is 2.29. The minimum atomic E-state index is -0.510. The van der Waals surface area contributed by atoms with E-state index >= 15 is 0 Å². The Bertz CT molecular complexity index is 1080. The smallest absolute Gasteiger partial charge is 0.446 e. The quantitative estimate of drug-likeness (QED) is 0.580. The number of methoxy groups -OCH3 is 1. The molecule has 4 amide bonds. The maximum absolute atomic E-state index is 12.5. The summed E-state index contributed by atoms with van der Waals surface area (Å²) in [5, 5.41) is 0. The van der Waals surface area contributed by atoms with Gasteiger partial charge in [-0.15, -0.1) is 0 Å². The highest BCUT2D eigenvalue weighted by molar-refractivity contribution is 6.70. The van der Waals surface area contributed by atoms with Crippen LogP contribution in [-0.4, -0.2) is 116 Å². The Morgan fingerprint density at radius 3 is 2.50 bits per heavy atom. The van der Waals surface area contributed by atoms with Gasteiger partial charge in [0.25, 0.3) is 5.91 Å². The van der Waals surface area contributed by atoms with E-state index in [1.165, 1.54) is 25.8 Å². The summed E-state index contributed by atoms with van der Waals surface area (Å²) in [6, 6.07) is 4.59. The summed E-state index contributed by atoms with van der Waals surface area (Å²) in [6.45, 7) is 2.86. The molecule has 0 atom stereocenters. The lowest BCUT2D eigenvalue weighted by Gasteiger charge is -2.32. The third kappa shape index (κ3) is 3.86. The average molecular weight is 441 g/mol. The maximum atomic E-state index is 12.5. The standard InChI is InChI=1S/C21H25N6O5/c1-24-7-9-27(10-8-24)16(28)12-32-15-11-13(5-6-14(15)31-4)18-22-17-19(23-18)25(2)21(30)26(3)20(17)29/h5-6,11H,7-10,12H2,1-4H3/q+1. The van der Waals surface area contributed by atoms with Gasteiger partial charge in [-0.2, -0.15) is 14.5 Å². The van der Waals surface area contributed by atoms with Crippen LogP contribution in [0.4, 0.5) is 4.79 Å². The fraction of sp³-hybridized carbons (Fsp3) is 0.429. The van der Waals surface area contributed by atoms with Crippen LogP contribution in [-0.2, 0) is 9.59 Å². The molecule has 1 saturated heterocycles. The Hall–Kier alpha value is -3.60. The monoisotopic (exact) mass is 441 g/mol. The van der Waals surface area contributed by atoms with Crippen LogP contribution in [0.3, 0.4) is 0 Å². The van der Waals surface area contributed by atoms with Crippen LogP contribution in [0.5, 0.6) is 11.5 Å². The second kappa shape index (κ2) is 8.50. The molecule has 0 spiro atoms. The first-order valence-electron chi connectivity index (χ1n) is 10.2. The number of fused-ring (bicyclic) bond motifs is 1. The molecular weight excluding hydrogens is 416 g/mol. The Balaban J connectivity index is 1.55. The summed E-state index contributed by atoms with van der Waals surface area (Å²) >= 11 is 0. The molecule has 0 aliphatic carbocycles. The number of carbonyl (C=O) groups is 3. The van der Waals surface area contributed by atoms with E-state index in [0.717, 1.165) is 18.0 Å². The molecule has 0 bridgehead atoms. The number of amides is 4. The molecule has 1 fully saturated rings. The van der Waals surface area contributed by atoms with E-state index in [9.17, 15) is 14.4 Å². The van der Waals surface area contributed by atoms with E-state index in [1.54, 1.807) is 23.1 Å². The molecule has 11 nitrogen and oxygen atoms in total. The summed E-state index contributed by atoms with van der Waals surface area (Å²) < 4.78 is 12.4. The highest BCUT2D eigenvalue weighted by Gasteiger charge is 2.44. The summed E-state index contributed by atoms with van der Waals surface area (Å²) in [4.78, 5) is 50.8. The van der Waals surface area contributed by atoms with E-state index in [1.807, 2.05) is 7.05 Å². The predicted octanol–water partition coefficient (Wildman–Crippen LogP) is -0.318. The molecule has 32 heavy (non-hydrogen) atoms. The number of nitrogens with zero attached hydrogens (tertiary/aromatic N) is 6. The summed E-state index contributed by atoms with van der Waals surface area (Å²) in [5.74, 6) is 0.694. The van der Waals surface area contributed by atoms with Crippen molar-refractivity contribution >= 4 is 35.2 Å². The number of aliphatic imine (C=N–C) groups is 2. The van der Waals surface area contributed by atoms with Crippen LogP contribution in [0.25, 0.3) is 0 Å². The topological polar surface area (TPSA) is 107 Å². The van der Waals surface area contributed by atoms with Gasteiger partial charge >= 0.3 is 17.8 Å². The molecule has 4 rings (SSSR count). The minimum absolute atomic E-state index is 0.0978. The lowest BCUT2D eigenvalue weighted by atomic mass is 10.2. The maximum Gasteiger partial charge on any atom is 0.446 e. The molecule has 0 aromatic heterocycles. The largest absolute Gasteiger partial charge is 0.493 e. The van der Waals surface area contributed by atoms with Crippen LogP contribution < -0.4 is 9.47 Å². The lowest BCUT2D eigenvalue weighted by molar-refractivity contribution is -0.401. The molecular formula is C21H25N6O5+. The van der Waals surface area contributed by atoms with Gasteiger partial charge in [0.05, 0.1) is 21.2 Å². The van der Waals surface area contributed by atoms with Crippen molar-refractivity contribution < 1.29 is 28.4 Å². The van der Waals surface area contributed by atoms with Gasteiger partial charge in [0.1, 0.15) is 0 Å². The number of urea groups is 1. The van der Waals surface area contributed by atoms with Crippen molar-refractivity contribution in [3.8, 4) is 11.5 Å². The highest BCUT2D eigenvalue weighted by atomic mass is 16.5. The average Bonchev–Trinajstić information content (AvgIpc) is 3.26. The number of piperazine rings is 1. The molecule has 0 N–H and O–H groups in total. The summed E-state index contributed by atoms with van der Waals surface area (Å²) in [6.07, 6.45) is 0. The number of hydrogen-bond acceptors (Lipinski definition) is 8. The van der Waals surface area contributed by atoms with Crippen LogP contribution in [0.15, 0.2) is 28.2 Å². The summed E-state index contributed by atoms with van der Waals surface area (Å²) in [5.41, 5.74) is 0.673. The van der Waals surface area contributed by atoms with Crippen molar-refractivity contribution in [3.05, 3.63) is 23.8 Å². The third-order valence-corrected chi connectivity index (χ3v) is 5.67. The minimum Gasteiger partial charge on any atom is -0.493 e. The number of amidine groups is 2. The fourth-order valence-electron chi connectivity index (χ4n) is 3.62. The predicted molar refractivity (Wildman–Crippen MR) is 116 cm³/mol. The molecule has 11 heteroatoms. The first-order chi connectivity index (χ1) is 15.3. The zero-order valence-corrected chi connectivity index (χ0v) is 18.5. The second-order valence-corrected chi connectivity index (χ2v) is 7.76. The number of ether oxygens (including phenoxy) is 2. The van der Waals surface area contributed by atoms with E-state index in [4.69, 9.17) is 9.47 Å². The van der Waals surface area contributed by atoms with Gasteiger partial charge in [0.15, 0.2) is 18.1 Å². The molecule has 3 heterocycles.